The number of ether oxygens (including phenoxy) is 1. The van der Waals surface area contributed by atoms with Gasteiger partial charge in [-0.2, -0.15) is 31.4 Å². The fourth-order valence-electron chi connectivity index (χ4n) is 3.82. The highest BCUT2D eigenvalue weighted by atomic mass is 19.4. The number of benzene rings is 4. The first-order valence-electron chi connectivity index (χ1n) is 11.4. The maximum atomic E-state index is 13.2. The van der Waals surface area contributed by atoms with Crippen LogP contribution in [0.5, 0.6) is 11.5 Å². The fraction of sp³-hybridized carbons (Fsp3) is 0.143. The number of hydrogen-bond donors (Lipinski definition) is 2. The van der Waals surface area contributed by atoms with E-state index in [0.717, 1.165) is 0 Å². The number of alkyl halides is 6. The summed E-state index contributed by atoms with van der Waals surface area (Å²) in [6, 6.07) is 15.6. The third kappa shape index (κ3) is 6.49. The molecule has 0 aliphatic heterocycles. The van der Waals surface area contributed by atoms with Crippen molar-refractivity contribution in [2.24, 2.45) is 5.10 Å². The number of hydrazone groups is 1. The fourth-order valence-corrected chi connectivity index (χ4v) is 3.82. The third-order valence-electron chi connectivity index (χ3n) is 5.79. The molecule has 2 N–H and O–H groups in total. The van der Waals surface area contributed by atoms with E-state index in [4.69, 9.17) is 4.74 Å². The van der Waals surface area contributed by atoms with Gasteiger partial charge >= 0.3 is 12.4 Å². The standard InChI is InChI=1S/C28H20F6N2O3/c1-16-10-18(6-8-24(16)37)26(38)36-35-14-19-7-9-25(23-5-3-2-4-22(19)23)39-15-17-11-20(27(29,30)31)13-21(12-17)28(32,33)34/h2-14,37H,15H2,1H3,(H,36,38)/b35-14+. The number of aryl methyl sites for hydroxylation is 1. The van der Waals surface area contributed by atoms with Crippen molar-refractivity contribution < 1.29 is 41.0 Å². The number of nitrogens with one attached hydrogen (secondary N) is 1. The molecule has 0 atom stereocenters. The first kappa shape index (κ1) is 27.5. The highest BCUT2D eigenvalue weighted by Crippen LogP contribution is 2.37. The smallest absolute Gasteiger partial charge is 0.416 e. The van der Waals surface area contributed by atoms with Gasteiger partial charge in [-0.15, -0.1) is 0 Å². The largest absolute Gasteiger partial charge is 0.508 e. The summed E-state index contributed by atoms with van der Waals surface area (Å²) in [7, 11) is 0. The van der Waals surface area contributed by atoms with Crippen LogP contribution in [-0.4, -0.2) is 17.2 Å². The summed E-state index contributed by atoms with van der Waals surface area (Å²) < 4.78 is 84.7. The average molecular weight is 546 g/mol. The van der Waals surface area contributed by atoms with Crippen LogP contribution in [0.2, 0.25) is 0 Å². The molecule has 0 aromatic heterocycles. The van der Waals surface area contributed by atoms with Gasteiger partial charge in [-0.25, -0.2) is 5.43 Å². The van der Waals surface area contributed by atoms with Crippen molar-refractivity contribution in [2.75, 3.05) is 0 Å². The van der Waals surface area contributed by atoms with Crippen molar-refractivity contribution >= 4 is 22.9 Å². The van der Waals surface area contributed by atoms with Gasteiger partial charge in [-0.3, -0.25) is 4.79 Å². The molecule has 0 unspecified atom stereocenters. The summed E-state index contributed by atoms with van der Waals surface area (Å²) >= 11 is 0. The molecule has 11 heteroatoms. The minimum absolute atomic E-state index is 0.0534. The number of hydrogen-bond acceptors (Lipinski definition) is 4. The molecule has 0 aliphatic carbocycles. The molecule has 0 heterocycles. The van der Waals surface area contributed by atoms with E-state index in [1.54, 1.807) is 37.3 Å². The molecule has 0 spiro atoms. The van der Waals surface area contributed by atoms with E-state index in [1.165, 1.54) is 30.5 Å². The lowest BCUT2D eigenvalue weighted by Crippen LogP contribution is -2.17. The van der Waals surface area contributed by atoms with Crippen molar-refractivity contribution in [1.29, 1.82) is 0 Å². The van der Waals surface area contributed by atoms with Gasteiger partial charge < -0.3 is 9.84 Å². The van der Waals surface area contributed by atoms with E-state index in [0.29, 0.717) is 39.6 Å². The van der Waals surface area contributed by atoms with Crippen LogP contribution < -0.4 is 10.2 Å². The van der Waals surface area contributed by atoms with Gasteiger partial charge in [0.05, 0.1) is 17.3 Å². The number of rotatable bonds is 6. The van der Waals surface area contributed by atoms with Crippen molar-refractivity contribution in [3.05, 3.63) is 106 Å². The third-order valence-corrected chi connectivity index (χ3v) is 5.79. The second-order valence-corrected chi connectivity index (χ2v) is 8.60. The highest BCUT2D eigenvalue weighted by Gasteiger charge is 2.36. The molecule has 202 valence electrons. The van der Waals surface area contributed by atoms with Gasteiger partial charge in [0.1, 0.15) is 18.1 Å². The van der Waals surface area contributed by atoms with Crippen LogP contribution in [-0.2, 0) is 19.0 Å². The molecule has 0 saturated heterocycles. The number of phenolic OH excluding ortho intramolecular Hbond substituents is 1. The lowest BCUT2D eigenvalue weighted by Gasteiger charge is -2.15. The molecule has 4 aromatic rings. The minimum Gasteiger partial charge on any atom is -0.508 e. The second-order valence-electron chi connectivity index (χ2n) is 8.60. The molecular formula is C28H20F6N2O3. The second kappa shape index (κ2) is 10.7. The van der Waals surface area contributed by atoms with Gasteiger partial charge in [0.2, 0.25) is 0 Å². The molecule has 0 radical (unpaired) electrons. The van der Waals surface area contributed by atoms with E-state index in [2.05, 4.69) is 10.5 Å². The predicted octanol–water partition coefficient (Wildman–Crippen LogP) is 7.23. The summed E-state index contributed by atoms with van der Waals surface area (Å²) in [4.78, 5) is 12.3. The number of carbonyl (C=O) groups is 1. The molecular weight excluding hydrogens is 526 g/mol. The van der Waals surface area contributed by atoms with Crippen LogP contribution >= 0.6 is 0 Å². The van der Waals surface area contributed by atoms with Gasteiger partial charge in [0, 0.05) is 16.5 Å². The molecule has 0 aliphatic rings. The first-order chi connectivity index (χ1) is 18.3. The Hall–Kier alpha value is -4.54. The highest BCUT2D eigenvalue weighted by molar-refractivity contribution is 6.03. The summed E-state index contributed by atoms with van der Waals surface area (Å²) in [5, 5.41) is 14.7. The Bertz CT molecular complexity index is 1530. The molecule has 39 heavy (non-hydrogen) atoms. The minimum atomic E-state index is -4.96. The maximum absolute atomic E-state index is 13.2. The molecule has 0 saturated carbocycles. The van der Waals surface area contributed by atoms with E-state index < -0.39 is 36.0 Å². The van der Waals surface area contributed by atoms with E-state index >= 15 is 0 Å². The Labute approximate surface area is 218 Å². The number of amides is 1. The summed E-state index contributed by atoms with van der Waals surface area (Å²) in [6.45, 7) is 1.11. The zero-order chi connectivity index (χ0) is 28.4. The predicted molar refractivity (Wildman–Crippen MR) is 133 cm³/mol. The quantitative estimate of drug-likeness (QED) is 0.152. The lowest BCUT2D eigenvalue weighted by atomic mass is 10.0. The van der Waals surface area contributed by atoms with Crippen LogP contribution in [0.25, 0.3) is 10.8 Å². The van der Waals surface area contributed by atoms with E-state index in [9.17, 15) is 36.2 Å². The maximum Gasteiger partial charge on any atom is 0.416 e. The Morgan fingerprint density at radius 2 is 1.54 bits per heavy atom. The number of aromatic hydroxyl groups is 1. The van der Waals surface area contributed by atoms with E-state index in [-0.39, 0.29) is 23.1 Å². The molecule has 5 nitrogen and oxygen atoms in total. The number of phenols is 1. The van der Waals surface area contributed by atoms with Crippen molar-refractivity contribution in [1.82, 2.24) is 5.43 Å². The van der Waals surface area contributed by atoms with Crippen molar-refractivity contribution in [3.63, 3.8) is 0 Å². The monoisotopic (exact) mass is 546 g/mol. The SMILES string of the molecule is Cc1cc(C(=O)N/N=C/c2ccc(OCc3cc(C(F)(F)F)cc(C(F)(F)F)c3)c3ccccc23)ccc1O. The normalized spacial score (nSPS) is 12.2. The molecule has 0 fully saturated rings. The Morgan fingerprint density at radius 1 is 0.897 bits per heavy atom. The van der Waals surface area contributed by atoms with Gasteiger partial charge in [-0.05, 0) is 72.0 Å². The number of fused-ring (bicyclic) bond motifs is 1. The molecule has 4 aromatic carbocycles. The summed E-state index contributed by atoms with van der Waals surface area (Å²) in [6.07, 6.45) is -8.53. The Kier molecular flexibility index (Phi) is 7.53. The van der Waals surface area contributed by atoms with E-state index in [1.807, 2.05) is 0 Å². The van der Waals surface area contributed by atoms with Crippen LogP contribution in [0, 0.1) is 6.92 Å². The van der Waals surface area contributed by atoms with Crippen LogP contribution in [0.1, 0.15) is 38.2 Å². The van der Waals surface area contributed by atoms with Crippen molar-refractivity contribution in [3.8, 4) is 11.5 Å². The topological polar surface area (TPSA) is 70.9 Å². The lowest BCUT2D eigenvalue weighted by molar-refractivity contribution is -0.143. The zero-order valence-electron chi connectivity index (χ0n) is 20.2. The van der Waals surface area contributed by atoms with Gasteiger partial charge in [0.15, 0.2) is 0 Å². The van der Waals surface area contributed by atoms with Crippen LogP contribution in [0.3, 0.4) is 0 Å². The Morgan fingerprint density at radius 3 is 2.15 bits per heavy atom. The number of carbonyl (C=O) groups excluding carboxylic acids is 1. The average Bonchev–Trinajstić information content (AvgIpc) is 2.88. The van der Waals surface area contributed by atoms with Gasteiger partial charge in [-0.1, -0.05) is 24.3 Å². The van der Waals surface area contributed by atoms with Crippen LogP contribution in [0.4, 0.5) is 26.3 Å². The molecule has 1 amide bonds. The first-order valence-corrected chi connectivity index (χ1v) is 11.4. The zero-order valence-corrected chi connectivity index (χ0v) is 20.2. The molecule has 0 bridgehead atoms. The summed E-state index contributed by atoms with van der Waals surface area (Å²) in [5.41, 5.74) is 0.637. The van der Waals surface area contributed by atoms with Crippen molar-refractivity contribution in [2.45, 2.75) is 25.9 Å². The molecule has 4 rings (SSSR count). The Balaban J connectivity index is 1.56. The van der Waals surface area contributed by atoms with Crippen LogP contribution in [0.15, 0.2) is 77.9 Å². The summed E-state index contributed by atoms with van der Waals surface area (Å²) in [5.74, 6) is -0.215. The number of nitrogens with zero attached hydrogens (tertiary/aromatic N) is 1. The van der Waals surface area contributed by atoms with Gasteiger partial charge in [0.25, 0.3) is 5.91 Å². The number of halogens is 6.